The quantitative estimate of drug-likeness (QED) is 0.688. The molecule has 3 aromatic rings. The van der Waals surface area contributed by atoms with Crippen LogP contribution in [0.5, 0.6) is 0 Å². The topological polar surface area (TPSA) is 45.4 Å². The first-order valence-electron chi connectivity index (χ1n) is 9.60. The predicted molar refractivity (Wildman–Crippen MR) is 106 cm³/mol. The SMILES string of the molecule is Cc1ccccc1CN1CCN([C@@H](C)c2nc(-c3ccccc3)no2)CC1. The molecule has 0 saturated carbocycles. The van der Waals surface area contributed by atoms with Gasteiger partial charge in [0.05, 0.1) is 6.04 Å². The number of rotatable bonds is 5. The molecule has 1 fully saturated rings. The minimum atomic E-state index is 0.135. The van der Waals surface area contributed by atoms with E-state index < -0.39 is 0 Å². The molecule has 5 heteroatoms. The summed E-state index contributed by atoms with van der Waals surface area (Å²) in [6.45, 7) is 9.49. The molecule has 1 saturated heterocycles. The molecule has 2 heterocycles. The summed E-state index contributed by atoms with van der Waals surface area (Å²) < 4.78 is 5.56. The van der Waals surface area contributed by atoms with Crippen LogP contribution in [0.3, 0.4) is 0 Å². The van der Waals surface area contributed by atoms with Crippen LogP contribution >= 0.6 is 0 Å². The Morgan fingerprint density at radius 1 is 0.963 bits per heavy atom. The molecule has 140 valence electrons. The number of hydrogen-bond acceptors (Lipinski definition) is 5. The Kier molecular flexibility index (Phi) is 5.32. The molecule has 0 aliphatic carbocycles. The van der Waals surface area contributed by atoms with Crippen LogP contribution in [-0.4, -0.2) is 46.1 Å². The molecule has 0 spiro atoms. The molecule has 4 rings (SSSR count). The molecule has 2 aromatic carbocycles. The van der Waals surface area contributed by atoms with E-state index in [1.54, 1.807) is 0 Å². The summed E-state index contributed by atoms with van der Waals surface area (Å²) in [7, 11) is 0. The van der Waals surface area contributed by atoms with Gasteiger partial charge in [-0.25, -0.2) is 0 Å². The summed E-state index contributed by atoms with van der Waals surface area (Å²) in [6, 6.07) is 18.8. The van der Waals surface area contributed by atoms with Crippen LogP contribution in [0.25, 0.3) is 11.4 Å². The zero-order valence-corrected chi connectivity index (χ0v) is 16.0. The first kappa shape index (κ1) is 17.9. The molecule has 0 radical (unpaired) electrons. The number of nitrogens with zero attached hydrogens (tertiary/aromatic N) is 4. The van der Waals surface area contributed by atoms with Crippen LogP contribution in [-0.2, 0) is 6.54 Å². The van der Waals surface area contributed by atoms with Crippen LogP contribution in [0.15, 0.2) is 59.1 Å². The lowest BCUT2D eigenvalue weighted by Gasteiger charge is -2.37. The average Bonchev–Trinajstić information content (AvgIpc) is 3.21. The zero-order valence-electron chi connectivity index (χ0n) is 16.0. The minimum Gasteiger partial charge on any atom is -0.337 e. The van der Waals surface area contributed by atoms with Gasteiger partial charge >= 0.3 is 0 Å². The monoisotopic (exact) mass is 362 g/mol. The van der Waals surface area contributed by atoms with E-state index in [2.05, 4.69) is 58.1 Å². The molecule has 0 unspecified atom stereocenters. The molecule has 0 amide bonds. The molecule has 0 N–H and O–H groups in total. The Labute approximate surface area is 160 Å². The van der Waals surface area contributed by atoms with Gasteiger partial charge in [-0.05, 0) is 25.0 Å². The molecule has 0 bridgehead atoms. The van der Waals surface area contributed by atoms with Crippen molar-refractivity contribution in [2.45, 2.75) is 26.4 Å². The van der Waals surface area contributed by atoms with Crippen LogP contribution < -0.4 is 0 Å². The van der Waals surface area contributed by atoms with E-state index in [9.17, 15) is 0 Å². The number of hydrogen-bond donors (Lipinski definition) is 0. The normalized spacial score (nSPS) is 17.1. The van der Waals surface area contributed by atoms with E-state index in [0.29, 0.717) is 11.7 Å². The van der Waals surface area contributed by atoms with Crippen molar-refractivity contribution in [1.29, 1.82) is 0 Å². The standard InChI is InChI=1S/C22H26N4O/c1-17-8-6-7-11-20(17)16-25-12-14-26(15-13-25)18(2)22-23-21(24-27-22)19-9-4-3-5-10-19/h3-11,18H,12-16H2,1-2H3/t18-/m0/s1. The van der Waals surface area contributed by atoms with Gasteiger partial charge in [-0.3, -0.25) is 9.80 Å². The number of aromatic nitrogens is 2. The maximum Gasteiger partial charge on any atom is 0.244 e. The number of aryl methyl sites for hydroxylation is 1. The first-order valence-corrected chi connectivity index (χ1v) is 9.60. The maximum absolute atomic E-state index is 5.56. The molecule has 1 aromatic heterocycles. The van der Waals surface area contributed by atoms with Gasteiger partial charge in [0.25, 0.3) is 0 Å². The van der Waals surface area contributed by atoms with Crippen molar-refractivity contribution in [3.05, 3.63) is 71.6 Å². The Morgan fingerprint density at radius 3 is 2.41 bits per heavy atom. The van der Waals surface area contributed by atoms with E-state index in [1.165, 1.54) is 11.1 Å². The van der Waals surface area contributed by atoms with Gasteiger partial charge < -0.3 is 4.52 Å². The van der Waals surface area contributed by atoms with Gasteiger partial charge in [0, 0.05) is 38.3 Å². The van der Waals surface area contributed by atoms with Crippen molar-refractivity contribution in [1.82, 2.24) is 19.9 Å². The first-order chi connectivity index (χ1) is 13.2. The zero-order chi connectivity index (χ0) is 18.6. The molecule has 5 nitrogen and oxygen atoms in total. The Hall–Kier alpha value is -2.50. The summed E-state index contributed by atoms with van der Waals surface area (Å²) in [5.41, 5.74) is 3.78. The van der Waals surface area contributed by atoms with Crippen molar-refractivity contribution < 1.29 is 4.52 Å². The highest BCUT2D eigenvalue weighted by Crippen LogP contribution is 2.24. The van der Waals surface area contributed by atoms with Crippen molar-refractivity contribution in [2.75, 3.05) is 26.2 Å². The average molecular weight is 362 g/mol. The van der Waals surface area contributed by atoms with E-state index in [0.717, 1.165) is 38.3 Å². The van der Waals surface area contributed by atoms with Gasteiger partial charge in [0.2, 0.25) is 11.7 Å². The Morgan fingerprint density at radius 2 is 1.67 bits per heavy atom. The second kappa shape index (κ2) is 8.03. The van der Waals surface area contributed by atoms with Gasteiger partial charge in [-0.15, -0.1) is 0 Å². The van der Waals surface area contributed by atoms with Crippen molar-refractivity contribution >= 4 is 0 Å². The third-order valence-corrected chi connectivity index (χ3v) is 5.44. The maximum atomic E-state index is 5.56. The predicted octanol–water partition coefficient (Wildman–Crippen LogP) is 3.92. The summed E-state index contributed by atoms with van der Waals surface area (Å²) in [6.07, 6.45) is 0. The third-order valence-electron chi connectivity index (χ3n) is 5.44. The smallest absolute Gasteiger partial charge is 0.244 e. The number of piperazine rings is 1. The highest BCUT2D eigenvalue weighted by atomic mass is 16.5. The second-order valence-electron chi connectivity index (χ2n) is 7.24. The Balaban J connectivity index is 1.36. The second-order valence-corrected chi connectivity index (χ2v) is 7.24. The minimum absolute atomic E-state index is 0.135. The van der Waals surface area contributed by atoms with E-state index >= 15 is 0 Å². The number of benzene rings is 2. The fourth-order valence-electron chi connectivity index (χ4n) is 3.60. The van der Waals surface area contributed by atoms with Crippen LogP contribution in [0, 0.1) is 6.92 Å². The fraction of sp³-hybridized carbons (Fsp3) is 0.364. The molecular formula is C22H26N4O. The molecular weight excluding hydrogens is 336 g/mol. The highest BCUT2D eigenvalue weighted by molar-refractivity contribution is 5.53. The molecule has 1 atom stereocenters. The lowest BCUT2D eigenvalue weighted by atomic mass is 10.1. The summed E-state index contributed by atoms with van der Waals surface area (Å²) in [5.74, 6) is 1.36. The summed E-state index contributed by atoms with van der Waals surface area (Å²) in [5, 5.41) is 4.16. The van der Waals surface area contributed by atoms with Crippen LogP contribution in [0.2, 0.25) is 0 Å². The Bertz CT molecular complexity index is 869. The molecule has 1 aliphatic heterocycles. The summed E-state index contributed by atoms with van der Waals surface area (Å²) in [4.78, 5) is 9.57. The third kappa shape index (κ3) is 4.10. The van der Waals surface area contributed by atoms with Crippen molar-refractivity contribution in [2.24, 2.45) is 0 Å². The van der Waals surface area contributed by atoms with Gasteiger partial charge in [0.1, 0.15) is 0 Å². The van der Waals surface area contributed by atoms with E-state index in [-0.39, 0.29) is 6.04 Å². The van der Waals surface area contributed by atoms with Crippen molar-refractivity contribution in [3.63, 3.8) is 0 Å². The van der Waals surface area contributed by atoms with Crippen LogP contribution in [0.4, 0.5) is 0 Å². The van der Waals surface area contributed by atoms with Crippen molar-refractivity contribution in [3.8, 4) is 11.4 Å². The van der Waals surface area contributed by atoms with Gasteiger partial charge in [-0.1, -0.05) is 59.8 Å². The largest absolute Gasteiger partial charge is 0.337 e. The van der Waals surface area contributed by atoms with E-state index in [4.69, 9.17) is 4.52 Å². The lowest BCUT2D eigenvalue weighted by Crippen LogP contribution is -2.46. The van der Waals surface area contributed by atoms with E-state index in [1.807, 2.05) is 30.3 Å². The van der Waals surface area contributed by atoms with Crippen LogP contribution in [0.1, 0.15) is 30.0 Å². The fourth-order valence-corrected chi connectivity index (χ4v) is 3.60. The highest BCUT2D eigenvalue weighted by Gasteiger charge is 2.26. The van der Waals surface area contributed by atoms with Gasteiger partial charge in [-0.2, -0.15) is 4.98 Å². The van der Waals surface area contributed by atoms with Gasteiger partial charge in [0.15, 0.2) is 0 Å². The molecule has 1 aliphatic rings. The molecule has 27 heavy (non-hydrogen) atoms. The summed E-state index contributed by atoms with van der Waals surface area (Å²) >= 11 is 0. The lowest BCUT2D eigenvalue weighted by molar-refractivity contribution is 0.0844.